The van der Waals surface area contributed by atoms with Crippen LogP contribution in [0, 0.1) is 0 Å². The second-order valence-corrected chi connectivity index (χ2v) is 14.5. The maximum Gasteiger partial charge on any atom is 0.127 e. The van der Waals surface area contributed by atoms with E-state index in [1.807, 2.05) is 48.5 Å². The van der Waals surface area contributed by atoms with E-state index in [2.05, 4.69) is 18.2 Å². The summed E-state index contributed by atoms with van der Waals surface area (Å²) in [4.78, 5) is 0. The molecule has 30 radical (unpaired) electrons. The Bertz CT molecular complexity index is 3260. The molecule has 0 atom stereocenters. The van der Waals surface area contributed by atoms with Crippen LogP contribution < -0.4 is 81.9 Å². The van der Waals surface area contributed by atoms with Gasteiger partial charge in [0.25, 0.3) is 0 Å². The average molecular weight is 694 g/mol. The first kappa shape index (κ1) is 38.8. The standard InChI is InChI=1S/C42H11B15O/c43-26-23(31(48)39(56)41-24(26)25-32(49)37(54)38(55)40(57)42(25)58-41)18-21-19(27(44)33(50)35(52)29(21)46)17(20-22(18)30(47)36(53)34(51)28(20)45)16-9-8-14-10-13(6-7-15(14)11-16)12-4-2-1-3-5-12/h1-11H. The first-order chi connectivity index (χ1) is 27.6. The fraction of sp³-hybridized carbons (Fsp3) is 0. The van der Waals surface area contributed by atoms with Gasteiger partial charge in [-0.05, 0) is 77.8 Å². The van der Waals surface area contributed by atoms with E-state index in [0.717, 1.165) is 21.9 Å². The Morgan fingerprint density at radius 2 is 0.638 bits per heavy atom. The van der Waals surface area contributed by atoms with Crippen molar-refractivity contribution in [2.45, 2.75) is 0 Å². The van der Waals surface area contributed by atoms with Gasteiger partial charge in [0, 0.05) is 10.8 Å². The topological polar surface area (TPSA) is 13.1 Å². The van der Waals surface area contributed by atoms with Gasteiger partial charge in [0.05, 0.1) is 0 Å². The van der Waals surface area contributed by atoms with Crippen molar-refractivity contribution in [2.75, 3.05) is 0 Å². The Balaban J connectivity index is 1.51. The summed E-state index contributed by atoms with van der Waals surface area (Å²) in [6.45, 7) is 0. The van der Waals surface area contributed by atoms with Crippen LogP contribution in [-0.4, -0.2) is 118 Å². The average Bonchev–Trinajstić information content (AvgIpc) is 3.65. The molecule has 0 N–H and O–H groups in total. The molecule has 0 saturated carbocycles. The molecule has 230 valence electrons. The number of rotatable bonds is 3. The zero-order chi connectivity index (χ0) is 41.4. The maximum absolute atomic E-state index is 7.18. The van der Waals surface area contributed by atoms with Crippen molar-refractivity contribution in [3.8, 4) is 33.4 Å². The molecule has 1 nitrogen and oxygen atoms in total. The van der Waals surface area contributed by atoms with Crippen molar-refractivity contribution >= 4 is 254 Å². The highest BCUT2D eigenvalue weighted by molar-refractivity contribution is 6.73. The third-order valence-electron chi connectivity index (χ3n) is 11.4. The second-order valence-electron chi connectivity index (χ2n) is 14.5. The zero-order valence-electron chi connectivity index (χ0n) is 30.9. The summed E-state index contributed by atoms with van der Waals surface area (Å²) in [6, 6.07) is 22.2. The monoisotopic (exact) mass is 696 g/mol. The van der Waals surface area contributed by atoms with Crippen LogP contribution in [0.25, 0.3) is 87.6 Å². The Hall–Kier alpha value is -4.69. The molecule has 0 saturated heterocycles. The molecule has 1 aromatic heterocycles. The fourth-order valence-corrected chi connectivity index (χ4v) is 8.36. The molecule has 16 heteroatoms. The number of fused-ring (bicyclic) bond motifs is 6. The quantitative estimate of drug-likeness (QED) is 0.133. The van der Waals surface area contributed by atoms with Crippen LogP contribution in [0.2, 0.25) is 0 Å². The first-order valence-corrected chi connectivity index (χ1v) is 17.9. The molecular weight excluding hydrogens is 683 g/mol. The molecule has 0 aliphatic heterocycles. The Morgan fingerprint density at radius 1 is 0.259 bits per heavy atom. The van der Waals surface area contributed by atoms with Gasteiger partial charge in [0.2, 0.25) is 0 Å². The molecule has 0 spiro atoms. The van der Waals surface area contributed by atoms with E-state index in [1.54, 1.807) is 0 Å². The Labute approximate surface area is 356 Å². The van der Waals surface area contributed by atoms with Gasteiger partial charge < -0.3 is 4.42 Å². The summed E-state index contributed by atoms with van der Waals surface area (Å²) in [5.41, 5.74) is 4.32. The molecule has 0 bridgehead atoms. The second kappa shape index (κ2) is 13.7. The van der Waals surface area contributed by atoms with Crippen LogP contribution in [0.3, 0.4) is 0 Å². The van der Waals surface area contributed by atoms with Gasteiger partial charge in [0.15, 0.2) is 0 Å². The highest BCUT2D eigenvalue weighted by Gasteiger charge is 2.28. The van der Waals surface area contributed by atoms with Gasteiger partial charge in [-0.15, -0.1) is 32.8 Å². The summed E-state index contributed by atoms with van der Waals surface area (Å²) < 4.78 is 6.17. The van der Waals surface area contributed by atoms with E-state index < -0.39 is 0 Å². The van der Waals surface area contributed by atoms with Crippen LogP contribution >= 0.6 is 0 Å². The van der Waals surface area contributed by atoms with E-state index in [9.17, 15) is 0 Å². The van der Waals surface area contributed by atoms with Crippen LogP contribution in [0.1, 0.15) is 0 Å². The lowest BCUT2D eigenvalue weighted by Crippen LogP contribution is -2.50. The summed E-state index contributed by atoms with van der Waals surface area (Å²) >= 11 is 0. The van der Waals surface area contributed by atoms with Crippen molar-refractivity contribution in [1.29, 1.82) is 0 Å². The minimum atomic E-state index is -0.0286. The maximum atomic E-state index is 7.18. The van der Waals surface area contributed by atoms with Crippen molar-refractivity contribution in [1.82, 2.24) is 0 Å². The summed E-state index contributed by atoms with van der Waals surface area (Å²) in [5, 5.41) is 3.66. The molecule has 8 aromatic carbocycles. The van der Waals surface area contributed by atoms with Gasteiger partial charge in [-0.25, -0.2) is 0 Å². The number of hydrogen-bond donors (Lipinski definition) is 0. The molecule has 0 fully saturated rings. The third kappa shape index (κ3) is 5.25. The van der Waals surface area contributed by atoms with Crippen LogP contribution in [0.5, 0.6) is 0 Å². The SMILES string of the molecule is [B]c1c([B])c([B])c2c(oc3c([B])c([B])c(-c4c5c([B])c([B])c([B])c([B])c5c(-c5ccc6cc(-c7ccccc7)ccc6c5)c5c([B])c([B])c([B])c([B])c45)c([B])c32)c1[B]. The predicted molar refractivity (Wildman–Crippen MR) is 263 cm³/mol. The van der Waals surface area contributed by atoms with E-state index in [-0.39, 0.29) is 126 Å². The molecule has 1 heterocycles. The van der Waals surface area contributed by atoms with E-state index in [0.29, 0.717) is 21.9 Å². The van der Waals surface area contributed by atoms with Gasteiger partial charge in [-0.2, -0.15) is 0 Å². The molecule has 9 rings (SSSR count). The molecule has 58 heavy (non-hydrogen) atoms. The minimum absolute atomic E-state index is 0.00122. The van der Waals surface area contributed by atoms with Gasteiger partial charge >= 0.3 is 0 Å². The van der Waals surface area contributed by atoms with E-state index >= 15 is 0 Å². The number of furan rings is 1. The lowest BCUT2D eigenvalue weighted by atomic mass is 9.58. The van der Waals surface area contributed by atoms with Crippen molar-refractivity contribution < 1.29 is 4.42 Å². The van der Waals surface area contributed by atoms with Crippen LogP contribution in [0.4, 0.5) is 0 Å². The van der Waals surface area contributed by atoms with Gasteiger partial charge in [-0.1, -0.05) is 104 Å². The number of hydrogen-bond acceptors (Lipinski definition) is 1. The molecule has 0 unspecified atom stereocenters. The lowest BCUT2D eigenvalue weighted by molar-refractivity contribution is 0.675. The molecule has 0 amide bonds. The van der Waals surface area contributed by atoms with Crippen molar-refractivity contribution in [3.05, 3.63) is 66.7 Å². The van der Waals surface area contributed by atoms with E-state index in [4.69, 9.17) is 122 Å². The van der Waals surface area contributed by atoms with Gasteiger partial charge in [0.1, 0.15) is 129 Å². The molecule has 9 aromatic rings. The lowest BCUT2D eigenvalue weighted by Gasteiger charge is -2.30. The highest BCUT2D eigenvalue weighted by atomic mass is 16.3. The first-order valence-electron chi connectivity index (χ1n) is 17.9. The molecule has 0 aliphatic carbocycles. The fourth-order valence-electron chi connectivity index (χ4n) is 8.36. The van der Waals surface area contributed by atoms with Crippen molar-refractivity contribution in [3.63, 3.8) is 0 Å². The van der Waals surface area contributed by atoms with E-state index in [1.165, 1.54) is 0 Å². The third-order valence-corrected chi connectivity index (χ3v) is 11.4. The summed E-state index contributed by atoms with van der Waals surface area (Å²) in [6.07, 6.45) is 0. The minimum Gasteiger partial charge on any atom is -0.457 e. The van der Waals surface area contributed by atoms with Crippen molar-refractivity contribution in [2.24, 2.45) is 0 Å². The van der Waals surface area contributed by atoms with Gasteiger partial charge in [-0.3, -0.25) is 0 Å². The summed E-state index contributed by atoms with van der Waals surface area (Å²) in [5.74, 6) is 0. The largest absolute Gasteiger partial charge is 0.457 e. The normalized spacial score (nSPS) is 11.8. The highest BCUT2D eigenvalue weighted by Crippen LogP contribution is 2.41. The Morgan fingerprint density at radius 3 is 1.14 bits per heavy atom. The molecule has 0 aliphatic rings. The zero-order valence-corrected chi connectivity index (χ0v) is 30.9. The Kier molecular flexibility index (Phi) is 9.16. The predicted octanol–water partition coefficient (Wildman–Crippen LogP) is -6.05. The van der Waals surface area contributed by atoms with Crippen LogP contribution in [-0.2, 0) is 0 Å². The smallest absolute Gasteiger partial charge is 0.127 e. The number of benzene rings is 8. The summed E-state index contributed by atoms with van der Waals surface area (Å²) in [7, 11) is 101. The van der Waals surface area contributed by atoms with Crippen LogP contribution in [0.15, 0.2) is 71.1 Å². The molecular formula is C42H11B15O.